The molecule has 1 fully saturated rings. The van der Waals surface area contributed by atoms with E-state index in [1.165, 1.54) is 0 Å². The molecule has 72 valence electrons. The lowest BCUT2D eigenvalue weighted by Gasteiger charge is -2.27. The van der Waals surface area contributed by atoms with Gasteiger partial charge in [-0.25, -0.2) is 0 Å². The minimum atomic E-state index is 0.471. The Balaban J connectivity index is 2.06. The molecule has 1 saturated heterocycles. The molecule has 0 saturated carbocycles. The molecule has 2 heterocycles. The summed E-state index contributed by atoms with van der Waals surface area (Å²) in [5.74, 6) is 1.35. The Morgan fingerprint density at radius 1 is 1.54 bits per heavy atom. The van der Waals surface area contributed by atoms with Gasteiger partial charge in [-0.3, -0.25) is 0 Å². The van der Waals surface area contributed by atoms with Crippen LogP contribution in [0.5, 0.6) is 0 Å². The summed E-state index contributed by atoms with van der Waals surface area (Å²) in [5.41, 5.74) is 6.44. The lowest BCUT2D eigenvalue weighted by Crippen LogP contribution is -2.29. The molecule has 0 aromatic carbocycles. The number of nitrogens with two attached hydrogens (primary N) is 1. The van der Waals surface area contributed by atoms with Crippen molar-refractivity contribution in [3.8, 4) is 0 Å². The molecule has 1 aliphatic rings. The second kappa shape index (κ2) is 3.38. The Hall–Kier alpha value is -1.03. The Morgan fingerprint density at radius 3 is 2.77 bits per heavy atom. The maximum absolute atomic E-state index is 5.74. The smallest absolute Gasteiger partial charge is 0.162 e. The maximum atomic E-state index is 5.74. The van der Waals surface area contributed by atoms with Gasteiger partial charge in [0, 0.05) is 5.92 Å². The first-order chi connectivity index (χ1) is 6.27. The summed E-state index contributed by atoms with van der Waals surface area (Å²) in [6.45, 7) is 2.23. The van der Waals surface area contributed by atoms with E-state index in [0.717, 1.165) is 31.7 Å². The molecule has 0 radical (unpaired) electrons. The summed E-state index contributed by atoms with van der Waals surface area (Å²) in [6.07, 6.45) is 3.83. The Kier molecular flexibility index (Phi) is 2.22. The number of anilines is 1. The SMILES string of the molecule is CN1CCC(c2oncc2N)CC1. The Morgan fingerprint density at radius 2 is 2.23 bits per heavy atom. The average Bonchev–Trinajstić information content (AvgIpc) is 2.53. The monoisotopic (exact) mass is 181 g/mol. The minimum absolute atomic E-state index is 0.471. The third-order valence-electron chi connectivity index (χ3n) is 2.72. The minimum Gasteiger partial charge on any atom is -0.395 e. The average molecular weight is 181 g/mol. The first-order valence-electron chi connectivity index (χ1n) is 4.66. The first kappa shape index (κ1) is 8.56. The molecule has 13 heavy (non-hydrogen) atoms. The number of rotatable bonds is 1. The number of likely N-dealkylation sites (tertiary alicyclic amines) is 1. The number of hydrogen-bond donors (Lipinski definition) is 1. The zero-order valence-corrected chi connectivity index (χ0v) is 7.86. The Bertz CT molecular complexity index is 276. The van der Waals surface area contributed by atoms with Crippen LogP contribution in [0.2, 0.25) is 0 Å². The van der Waals surface area contributed by atoms with Gasteiger partial charge in [-0.1, -0.05) is 5.16 Å². The molecule has 2 N–H and O–H groups in total. The third-order valence-corrected chi connectivity index (χ3v) is 2.72. The van der Waals surface area contributed by atoms with E-state index >= 15 is 0 Å². The fraction of sp³-hybridized carbons (Fsp3) is 0.667. The second-order valence-electron chi connectivity index (χ2n) is 3.72. The van der Waals surface area contributed by atoms with Gasteiger partial charge < -0.3 is 15.2 Å². The lowest BCUT2D eigenvalue weighted by molar-refractivity contribution is 0.231. The Labute approximate surface area is 77.7 Å². The van der Waals surface area contributed by atoms with Crippen LogP contribution in [0.4, 0.5) is 5.69 Å². The van der Waals surface area contributed by atoms with Crippen molar-refractivity contribution in [1.82, 2.24) is 10.1 Å². The predicted molar refractivity (Wildman–Crippen MR) is 50.4 cm³/mol. The number of aromatic nitrogens is 1. The van der Waals surface area contributed by atoms with Gasteiger partial charge in [0.25, 0.3) is 0 Å². The highest BCUT2D eigenvalue weighted by atomic mass is 16.5. The molecule has 4 heteroatoms. The lowest BCUT2D eigenvalue weighted by atomic mass is 9.94. The van der Waals surface area contributed by atoms with Gasteiger partial charge in [-0.2, -0.15) is 0 Å². The maximum Gasteiger partial charge on any atom is 0.162 e. The van der Waals surface area contributed by atoms with Crippen LogP contribution < -0.4 is 5.73 Å². The van der Waals surface area contributed by atoms with Crippen LogP contribution in [-0.2, 0) is 0 Å². The van der Waals surface area contributed by atoms with Crippen LogP contribution in [0.3, 0.4) is 0 Å². The molecule has 1 aliphatic heterocycles. The van der Waals surface area contributed by atoms with E-state index in [0.29, 0.717) is 11.6 Å². The standard InChI is InChI=1S/C9H15N3O/c1-12-4-2-7(3-5-12)9-8(10)6-11-13-9/h6-7H,2-5,10H2,1H3. The van der Waals surface area contributed by atoms with E-state index in [2.05, 4.69) is 17.1 Å². The largest absolute Gasteiger partial charge is 0.395 e. The van der Waals surface area contributed by atoms with E-state index < -0.39 is 0 Å². The molecule has 4 nitrogen and oxygen atoms in total. The highest BCUT2D eigenvalue weighted by molar-refractivity contribution is 5.40. The normalized spacial score (nSPS) is 20.7. The highest BCUT2D eigenvalue weighted by Crippen LogP contribution is 2.30. The van der Waals surface area contributed by atoms with Crippen LogP contribution in [0, 0.1) is 0 Å². The zero-order chi connectivity index (χ0) is 9.26. The summed E-state index contributed by atoms with van der Waals surface area (Å²) in [7, 11) is 2.14. The molecule has 1 aromatic rings. The van der Waals surface area contributed by atoms with Crippen LogP contribution in [0.1, 0.15) is 24.5 Å². The molecule has 0 aliphatic carbocycles. The van der Waals surface area contributed by atoms with Crippen molar-refractivity contribution in [2.45, 2.75) is 18.8 Å². The van der Waals surface area contributed by atoms with Crippen molar-refractivity contribution < 1.29 is 4.52 Å². The summed E-state index contributed by atoms with van der Waals surface area (Å²) in [4.78, 5) is 2.32. The van der Waals surface area contributed by atoms with Crippen molar-refractivity contribution in [3.63, 3.8) is 0 Å². The van der Waals surface area contributed by atoms with Crippen molar-refractivity contribution in [2.24, 2.45) is 0 Å². The predicted octanol–water partition coefficient (Wildman–Crippen LogP) is 1.07. The summed E-state index contributed by atoms with van der Waals surface area (Å²) >= 11 is 0. The van der Waals surface area contributed by atoms with E-state index in [1.807, 2.05) is 0 Å². The number of piperidine rings is 1. The summed E-state index contributed by atoms with van der Waals surface area (Å²) in [6, 6.07) is 0. The fourth-order valence-corrected chi connectivity index (χ4v) is 1.84. The topological polar surface area (TPSA) is 55.3 Å². The number of nitrogens with zero attached hydrogens (tertiary/aromatic N) is 2. The molecule has 0 amide bonds. The van der Waals surface area contributed by atoms with Gasteiger partial charge in [0.05, 0.1) is 11.9 Å². The second-order valence-corrected chi connectivity index (χ2v) is 3.72. The molecule has 0 spiro atoms. The zero-order valence-electron chi connectivity index (χ0n) is 7.86. The molecular weight excluding hydrogens is 166 g/mol. The van der Waals surface area contributed by atoms with Gasteiger partial charge in [-0.05, 0) is 33.0 Å². The van der Waals surface area contributed by atoms with E-state index in [-0.39, 0.29) is 0 Å². The molecule has 0 bridgehead atoms. The van der Waals surface area contributed by atoms with Gasteiger partial charge in [0.15, 0.2) is 5.76 Å². The third kappa shape index (κ3) is 1.67. The molecular formula is C9H15N3O. The van der Waals surface area contributed by atoms with Gasteiger partial charge in [0.2, 0.25) is 0 Å². The van der Waals surface area contributed by atoms with Gasteiger partial charge >= 0.3 is 0 Å². The molecule has 2 rings (SSSR count). The molecule has 1 aromatic heterocycles. The van der Waals surface area contributed by atoms with Crippen molar-refractivity contribution in [2.75, 3.05) is 25.9 Å². The van der Waals surface area contributed by atoms with E-state index in [4.69, 9.17) is 10.3 Å². The van der Waals surface area contributed by atoms with Crippen LogP contribution in [0.25, 0.3) is 0 Å². The summed E-state index contributed by atoms with van der Waals surface area (Å²) < 4.78 is 5.15. The summed E-state index contributed by atoms with van der Waals surface area (Å²) in [5, 5.41) is 3.70. The van der Waals surface area contributed by atoms with Gasteiger partial charge in [0.1, 0.15) is 0 Å². The number of hydrogen-bond acceptors (Lipinski definition) is 4. The molecule has 0 atom stereocenters. The van der Waals surface area contributed by atoms with Crippen molar-refractivity contribution in [1.29, 1.82) is 0 Å². The van der Waals surface area contributed by atoms with Crippen molar-refractivity contribution in [3.05, 3.63) is 12.0 Å². The van der Waals surface area contributed by atoms with E-state index in [1.54, 1.807) is 6.20 Å². The van der Waals surface area contributed by atoms with Crippen LogP contribution >= 0.6 is 0 Å². The molecule has 0 unspecified atom stereocenters. The van der Waals surface area contributed by atoms with Crippen LogP contribution in [0.15, 0.2) is 10.7 Å². The van der Waals surface area contributed by atoms with Gasteiger partial charge in [-0.15, -0.1) is 0 Å². The fourth-order valence-electron chi connectivity index (χ4n) is 1.84. The first-order valence-corrected chi connectivity index (χ1v) is 4.66. The van der Waals surface area contributed by atoms with E-state index in [9.17, 15) is 0 Å². The van der Waals surface area contributed by atoms with Crippen LogP contribution in [-0.4, -0.2) is 30.2 Å². The number of nitrogen functional groups attached to an aromatic ring is 1. The van der Waals surface area contributed by atoms with Crippen molar-refractivity contribution >= 4 is 5.69 Å². The quantitative estimate of drug-likeness (QED) is 0.704. The highest BCUT2D eigenvalue weighted by Gasteiger charge is 2.23.